The fourth-order valence-corrected chi connectivity index (χ4v) is 1.81. The van der Waals surface area contributed by atoms with Gasteiger partial charge in [-0.05, 0) is 5.92 Å². The van der Waals surface area contributed by atoms with E-state index in [9.17, 15) is 9.59 Å². The predicted octanol–water partition coefficient (Wildman–Crippen LogP) is 0.437. The molecule has 0 atom stereocenters. The number of carboxylic acids is 1. The van der Waals surface area contributed by atoms with Crippen LogP contribution in [0.2, 0.25) is 0 Å². The Hall–Kier alpha value is -1.89. The van der Waals surface area contributed by atoms with E-state index < -0.39 is 5.97 Å². The van der Waals surface area contributed by atoms with Gasteiger partial charge in [-0.25, -0.2) is 4.98 Å². The number of carboxylic acid groups (broad SMARTS) is 1. The minimum absolute atomic E-state index is 0.146. The Balaban J connectivity index is 3.06. The van der Waals surface area contributed by atoms with Gasteiger partial charge in [-0.2, -0.15) is 0 Å². The molecule has 0 aliphatic heterocycles. The van der Waals surface area contributed by atoms with Crippen molar-refractivity contribution in [3.63, 3.8) is 0 Å². The molecule has 0 radical (unpaired) electrons. The van der Waals surface area contributed by atoms with Crippen LogP contribution in [-0.4, -0.2) is 47.4 Å². The van der Waals surface area contributed by atoms with Gasteiger partial charge in [0.25, 0.3) is 5.56 Å². The number of aromatic nitrogens is 2. The standard InChI is InChI=1S/C13H21N3O4/c1-10(2)8-16-5-4-14-12(13(16)19)15(6-7-20-3)9-11(17)18/h4-5,10H,6-9H2,1-3H3,(H,17,18). The molecular weight excluding hydrogens is 262 g/mol. The molecule has 0 aliphatic carbocycles. The molecule has 7 nitrogen and oxygen atoms in total. The first-order chi connectivity index (χ1) is 9.45. The number of rotatable bonds is 8. The van der Waals surface area contributed by atoms with Crippen LogP contribution in [-0.2, 0) is 16.1 Å². The quantitative estimate of drug-likeness (QED) is 0.745. The Bertz CT molecular complexity index is 499. The van der Waals surface area contributed by atoms with E-state index in [1.54, 1.807) is 10.8 Å². The fraction of sp³-hybridized carbons (Fsp3) is 0.615. The van der Waals surface area contributed by atoms with Gasteiger partial charge in [0.2, 0.25) is 0 Å². The van der Waals surface area contributed by atoms with Crippen molar-refractivity contribution in [2.45, 2.75) is 20.4 Å². The number of carbonyl (C=O) groups is 1. The number of methoxy groups -OCH3 is 1. The van der Waals surface area contributed by atoms with Crippen LogP contribution in [0.3, 0.4) is 0 Å². The number of hydrogen-bond donors (Lipinski definition) is 1. The SMILES string of the molecule is COCCN(CC(=O)O)c1nccn(CC(C)C)c1=O. The van der Waals surface area contributed by atoms with E-state index in [2.05, 4.69) is 4.98 Å². The van der Waals surface area contributed by atoms with E-state index in [0.29, 0.717) is 25.6 Å². The van der Waals surface area contributed by atoms with Gasteiger partial charge in [0.15, 0.2) is 5.82 Å². The van der Waals surface area contributed by atoms with Crippen LogP contribution >= 0.6 is 0 Å². The molecule has 0 fully saturated rings. The van der Waals surface area contributed by atoms with Gasteiger partial charge in [-0.1, -0.05) is 13.8 Å². The van der Waals surface area contributed by atoms with Crippen molar-refractivity contribution in [1.29, 1.82) is 0 Å². The summed E-state index contributed by atoms with van der Waals surface area (Å²) < 4.78 is 6.49. The summed E-state index contributed by atoms with van der Waals surface area (Å²) in [6.45, 7) is 4.93. The molecule has 0 amide bonds. The van der Waals surface area contributed by atoms with E-state index in [0.717, 1.165) is 0 Å². The Labute approximate surface area is 117 Å². The molecule has 1 heterocycles. The van der Waals surface area contributed by atoms with Crippen LogP contribution in [0.5, 0.6) is 0 Å². The topological polar surface area (TPSA) is 84.7 Å². The van der Waals surface area contributed by atoms with Gasteiger partial charge in [0, 0.05) is 32.6 Å². The van der Waals surface area contributed by atoms with E-state index >= 15 is 0 Å². The lowest BCUT2D eigenvalue weighted by atomic mass is 10.2. The largest absolute Gasteiger partial charge is 0.480 e. The third kappa shape index (κ3) is 4.65. The summed E-state index contributed by atoms with van der Waals surface area (Å²) in [5.74, 6) is -0.552. The molecule has 112 valence electrons. The summed E-state index contributed by atoms with van der Waals surface area (Å²) in [5, 5.41) is 8.93. The first-order valence-electron chi connectivity index (χ1n) is 6.46. The highest BCUT2D eigenvalue weighted by atomic mass is 16.5. The van der Waals surface area contributed by atoms with Gasteiger partial charge in [-0.3, -0.25) is 9.59 Å². The molecule has 7 heteroatoms. The van der Waals surface area contributed by atoms with Gasteiger partial charge in [0.1, 0.15) is 6.54 Å². The lowest BCUT2D eigenvalue weighted by molar-refractivity contribution is -0.135. The second-order valence-corrected chi connectivity index (χ2v) is 4.91. The lowest BCUT2D eigenvalue weighted by Crippen LogP contribution is -2.39. The van der Waals surface area contributed by atoms with Crippen LogP contribution in [0.1, 0.15) is 13.8 Å². The molecule has 1 aromatic rings. The zero-order valence-corrected chi connectivity index (χ0v) is 12.1. The molecule has 0 aliphatic rings. The molecule has 0 bridgehead atoms. The second kappa shape index (κ2) is 7.64. The second-order valence-electron chi connectivity index (χ2n) is 4.91. The first-order valence-corrected chi connectivity index (χ1v) is 6.46. The summed E-state index contributed by atoms with van der Waals surface area (Å²) in [7, 11) is 1.52. The number of hydrogen-bond acceptors (Lipinski definition) is 5. The number of ether oxygens (including phenoxy) is 1. The monoisotopic (exact) mass is 283 g/mol. The highest BCUT2D eigenvalue weighted by molar-refractivity contribution is 5.73. The van der Waals surface area contributed by atoms with Gasteiger partial charge < -0.3 is 19.3 Å². The highest BCUT2D eigenvalue weighted by Crippen LogP contribution is 2.04. The third-order valence-electron chi connectivity index (χ3n) is 2.65. The van der Waals surface area contributed by atoms with Gasteiger partial charge >= 0.3 is 5.97 Å². The fourth-order valence-electron chi connectivity index (χ4n) is 1.81. The average molecular weight is 283 g/mol. The van der Waals surface area contributed by atoms with Gasteiger partial charge in [-0.15, -0.1) is 0 Å². The predicted molar refractivity (Wildman–Crippen MR) is 75.1 cm³/mol. The van der Waals surface area contributed by atoms with Crippen LogP contribution in [0.25, 0.3) is 0 Å². The Morgan fingerprint density at radius 2 is 2.25 bits per heavy atom. The summed E-state index contributed by atoms with van der Waals surface area (Å²) in [5.41, 5.74) is -0.279. The van der Waals surface area contributed by atoms with E-state index in [4.69, 9.17) is 9.84 Å². The summed E-state index contributed by atoms with van der Waals surface area (Å²) in [6, 6.07) is 0. The van der Waals surface area contributed by atoms with Crippen molar-refractivity contribution in [2.24, 2.45) is 5.92 Å². The molecule has 0 aromatic carbocycles. The Morgan fingerprint density at radius 3 is 2.80 bits per heavy atom. The van der Waals surface area contributed by atoms with Crippen molar-refractivity contribution in [3.8, 4) is 0 Å². The van der Waals surface area contributed by atoms with Crippen LogP contribution in [0.4, 0.5) is 5.82 Å². The zero-order valence-electron chi connectivity index (χ0n) is 12.1. The number of nitrogens with zero attached hydrogens (tertiary/aromatic N) is 3. The summed E-state index contributed by atoms with van der Waals surface area (Å²) >= 11 is 0. The van der Waals surface area contributed by atoms with Gasteiger partial charge in [0.05, 0.1) is 6.61 Å². The molecule has 1 rings (SSSR count). The highest BCUT2D eigenvalue weighted by Gasteiger charge is 2.16. The zero-order chi connectivity index (χ0) is 15.1. The van der Waals surface area contributed by atoms with Crippen molar-refractivity contribution in [2.75, 3.05) is 31.7 Å². The average Bonchev–Trinajstić information content (AvgIpc) is 2.36. The van der Waals surface area contributed by atoms with Crippen LogP contribution in [0.15, 0.2) is 17.2 Å². The van der Waals surface area contributed by atoms with Crippen molar-refractivity contribution < 1.29 is 14.6 Å². The molecule has 1 aromatic heterocycles. The normalized spacial score (nSPS) is 10.8. The Morgan fingerprint density at radius 1 is 1.55 bits per heavy atom. The summed E-state index contributed by atoms with van der Waals surface area (Å²) in [6.07, 6.45) is 3.13. The van der Waals surface area contributed by atoms with Crippen molar-refractivity contribution in [3.05, 3.63) is 22.7 Å². The molecule has 0 spiro atoms. The lowest BCUT2D eigenvalue weighted by Gasteiger charge is -2.21. The first kappa shape index (κ1) is 16.2. The molecule has 0 saturated carbocycles. The smallest absolute Gasteiger partial charge is 0.323 e. The molecule has 0 unspecified atom stereocenters. The maximum Gasteiger partial charge on any atom is 0.323 e. The number of anilines is 1. The van der Waals surface area contributed by atoms with Crippen LogP contribution < -0.4 is 10.5 Å². The number of aliphatic carboxylic acids is 1. The molecule has 0 saturated heterocycles. The van der Waals surface area contributed by atoms with E-state index in [-0.39, 0.29) is 17.9 Å². The van der Waals surface area contributed by atoms with Crippen LogP contribution in [0, 0.1) is 5.92 Å². The summed E-state index contributed by atoms with van der Waals surface area (Å²) in [4.78, 5) is 28.7. The molecule has 1 N–H and O–H groups in total. The molecule has 20 heavy (non-hydrogen) atoms. The maximum absolute atomic E-state index is 12.3. The minimum Gasteiger partial charge on any atom is -0.480 e. The van der Waals surface area contributed by atoms with Crippen molar-refractivity contribution >= 4 is 11.8 Å². The molecular formula is C13H21N3O4. The maximum atomic E-state index is 12.3. The Kier molecular flexibility index (Phi) is 6.17. The van der Waals surface area contributed by atoms with E-state index in [1.165, 1.54) is 18.2 Å². The van der Waals surface area contributed by atoms with E-state index in [1.807, 2.05) is 13.8 Å². The minimum atomic E-state index is -1.01. The van der Waals surface area contributed by atoms with Crippen molar-refractivity contribution in [1.82, 2.24) is 9.55 Å². The third-order valence-corrected chi connectivity index (χ3v) is 2.65.